The summed E-state index contributed by atoms with van der Waals surface area (Å²) in [6.07, 6.45) is 1.82. The van der Waals surface area contributed by atoms with Gasteiger partial charge in [0.1, 0.15) is 5.69 Å². The number of aromatic nitrogens is 2. The third-order valence-corrected chi connectivity index (χ3v) is 6.71. The molecule has 0 unspecified atom stereocenters. The number of hydrogen-bond donors (Lipinski definition) is 0. The van der Waals surface area contributed by atoms with Crippen molar-refractivity contribution in [3.8, 4) is 11.3 Å². The molecule has 0 aliphatic carbocycles. The Bertz CT molecular complexity index is 1130. The monoisotopic (exact) mass is 471 g/mol. The van der Waals surface area contributed by atoms with Crippen LogP contribution in [0.5, 0.6) is 0 Å². The van der Waals surface area contributed by atoms with Gasteiger partial charge < -0.3 is 14.4 Å². The zero-order chi connectivity index (χ0) is 22.7. The van der Waals surface area contributed by atoms with E-state index in [1.807, 2.05) is 53.0 Å². The number of nitro benzene ring substituents is 1. The summed E-state index contributed by atoms with van der Waals surface area (Å²) in [5.74, 6) is 0.324. The Balaban J connectivity index is 1.34. The highest BCUT2D eigenvalue weighted by Crippen LogP contribution is 2.32. The van der Waals surface area contributed by atoms with Crippen molar-refractivity contribution >= 4 is 40.6 Å². The van der Waals surface area contributed by atoms with Gasteiger partial charge in [0.2, 0.25) is 5.91 Å². The molecule has 32 heavy (non-hydrogen) atoms. The topological polar surface area (TPSA) is 84.5 Å². The van der Waals surface area contributed by atoms with Crippen molar-refractivity contribution in [3.05, 3.63) is 69.9 Å². The van der Waals surface area contributed by atoms with Crippen molar-refractivity contribution in [3.63, 3.8) is 0 Å². The van der Waals surface area contributed by atoms with Gasteiger partial charge in [-0.1, -0.05) is 53.7 Å². The summed E-state index contributed by atoms with van der Waals surface area (Å²) >= 11 is 7.32. The smallest absolute Gasteiger partial charge is 0.294 e. The van der Waals surface area contributed by atoms with E-state index in [4.69, 9.17) is 11.6 Å². The molecule has 10 heteroatoms. The van der Waals surface area contributed by atoms with Crippen LogP contribution >= 0.6 is 23.4 Å². The number of piperazine rings is 1. The van der Waals surface area contributed by atoms with E-state index in [1.54, 1.807) is 17.0 Å². The molecule has 166 valence electrons. The van der Waals surface area contributed by atoms with Gasteiger partial charge in [-0.2, -0.15) is 0 Å². The molecule has 4 rings (SSSR count). The number of hydrogen-bond acceptors (Lipinski definition) is 6. The summed E-state index contributed by atoms with van der Waals surface area (Å²) < 4.78 is 1.99. The molecule has 0 N–H and O–H groups in total. The zero-order valence-corrected chi connectivity index (χ0v) is 19.1. The minimum atomic E-state index is -0.425. The lowest BCUT2D eigenvalue weighted by atomic mass is 10.2. The third kappa shape index (κ3) is 4.73. The van der Waals surface area contributed by atoms with E-state index in [-0.39, 0.29) is 11.6 Å². The van der Waals surface area contributed by atoms with E-state index in [0.717, 1.165) is 16.4 Å². The molecule has 3 aromatic rings. The van der Waals surface area contributed by atoms with Crippen LogP contribution in [-0.4, -0.2) is 57.2 Å². The van der Waals surface area contributed by atoms with Gasteiger partial charge in [-0.05, 0) is 17.7 Å². The molecule has 1 amide bonds. The number of imidazole rings is 1. The van der Waals surface area contributed by atoms with Crippen LogP contribution in [0, 0.1) is 10.1 Å². The minimum absolute atomic E-state index is 0.0168. The van der Waals surface area contributed by atoms with Crippen LogP contribution in [0.2, 0.25) is 5.02 Å². The van der Waals surface area contributed by atoms with Crippen LogP contribution in [0.1, 0.15) is 0 Å². The predicted molar refractivity (Wildman–Crippen MR) is 126 cm³/mol. The molecule has 0 atom stereocenters. The Morgan fingerprint density at radius 3 is 2.56 bits per heavy atom. The highest BCUT2D eigenvalue weighted by Gasteiger charge is 2.26. The number of benzene rings is 2. The van der Waals surface area contributed by atoms with Crippen molar-refractivity contribution < 1.29 is 9.72 Å². The number of nitro groups is 1. The standard InChI is InChI=1S/C22H22ClN5O3S/c1-25-20(16-5-3-2-4-6-16)14-24-22(25)32-15-21(29)27-11-9-26(10-12-27)18-8-7-17(23)13-19(18)28(30)31/h2-8,13-14H,9-12,15H2,1H3. The van der Waals surface area contributed by atoms with E-state index in [0.29, 0.717) is 42.6 Å². The normalized spacial score (nSPS) is 13.9. The van der Waals surface area contributed by atoms with E-state index < -0.39 is 4.92 Å². The number of anilines is 1. The number of rotatable bonds is 6. The number of halogens is 1. The van der Waals surface area contributed by atoms with Gasteiger partial charge in [0, 0.05) is 44.3 Å². The predicted octanol–water partition coefficient (Wildman–Crippen LogP) is 4.09. The fourth-order valence-electron chi connectivity index (χ4n) is 3.73. The average Bonchev–Trinajstić information content (AvgIpc) is 3.18. The molecule has 8 nitrogen and oxygen atoms in total. The van der Waals surface area contributed by atoms with Crippen LogP contribution < -0.4 is 4.90 Å². The van der Waals surface area contributed by atoms with Crippen LogP contribution in [0.3, 0.4) is 0 Å². The molecule has 0 spiro atoms. The van der Waals surface area contributed by atoms with Crippen LogP contribution in [0.4, 0.5) is 11.4 Å². The lowest BCUT2D eigenvalue weighted by Crippen LogP contribution is -2.49. The number of nitrogens with zero attached hydrogens (tertiary/aromatic N) is 5. The summed E-state index contributed by atoms with van der Waals surface area (Å²) in [4.78, 5) is 31.9. The van der Waals surface area contributed by atoms with Gasteiger partial charge in [0.05, 0.1) is 22.6 Å². The minimum Gasteiger partial charge on any atom is -0.362 e. The Kier molecular flexibility index (Phi) is 6.66. The van der Waals surface area contributed by atoms with Gasteiger partial charge in [0.15, 0.2) is 5.16 Å². The van der Waals surface area contributed by atoms with Crippen LogP contribution in [0.15, 0.2) is 59.9 Å². The Morgan fingerprint density at radius 1 is 1.16 bits per heavy atom. The molecule has 2 heterocycles. The first-order valence-electron chi connectivity index (χ1n) is 10.1. The van der Waals surface area contributed by atoms with Crippen LogP contribution in [-0.2, 0) is 11.8 Å². The van der Waals surface area contributed by atoms with Crippen molar-refractivity contribution in [2.24, 2.45) is 7.05 Å². The summed E-state index contributed by atoms with van der Waals surface area (Å²) in [5, 5.41) is 12.5. The Labute approximate surface area is 194 Å². The highest BCUT2D eigenvalue weighted by atomic mass is 35.5. The molecule has 1 aliphatic rings. The number of carbonyl (C=O) groups is 1. The van der Waals surface area contributed by atoms with Crippen molar-refractivity contribution in [1.82, 2.24) is 14.5 Å². The van der Waals surface area contributed by atoms with Gasteiger partial charge >= 0.3 is 0 Å². The molecule has 2 aromatic carbocycles. The lowest BCUT2D eigenvalue weighted by Gasteiger charge is -2.35. The molecule has 0 saturated carbocycles. The number of carbonyl (C=O) groups excluding carboxylic acids is 1. The maximum Gasteiger partial charge on any atom is 0.294 e. The molecule has 1 aromatic heterocycles. The largest absolute Gasteiger partial charge is 0.362 e. The average molecular weight is 472 g/mol. The van der Waals surface area contributed by atoms with Crippen molar-refractivity contribution in [2.45, 2.75) is 5.16 Å². The maximum absolute atomic E-state index is 12.7. The summed E-state index contributed by atoms with van der Waals surface area (Å²) in [6, 6.07) is 14.7. The van der Waals surface area contributed by atoms with E-state index >= 15 is 0 Å². The van der Waals surface area contributed by atoms with Gasteiger partial charge in [-0.15, -0.1) is 0 Å². The van der Waals surface area contributed by atoms with E-state index in [1.165, 1.54) is 17.8 Å². The lowest BCUT2D eigenvalue weighted by molar-refractivity contribution is -0.384. The third-order valence-electron chi connectivity index (χ3n) is 5.45. The number of thioether (sulfide) groups is 1. The second-order valence-corrected chi connectivity index (χ2v) is 8.78. The van der Waals surface area contributed by atoms with Crippen molar-refractivity contribution in [1.29, 1.82) is 0 Å². The van der Waals surface area contributed by atoms with Crippen molar-refractivity contribution in [2.75, 3.05) is 36.8 Å². The summed E-state index contributed by atoms with van der Waals surface area (Å²) in [5.41, 5.74) is 2.59. The molecule has 1 saturated heterocycles. The summed E-state index contributed by atoms with van der Waals surface area (Å²) in [6.45, 7) is 2.07. The van der Waals surface area contributed by atoms with Gasteiger partial charge in [-0.25, -0.2) is 4.98 Å². The molecular formula is C22H22ClN5O3S. The van der Waals surface area contributed by atoms with Gasteiger partial charge in [0.25, 0.3) is 5.69 Å². The summed E-state index contributed by atoms with van der Waals surface area (Å²) in [7, 11) is 1.94. The quantitative estimate of drug-likeness (QED) is 0.306. The molecule has 1 fully saturated rings. The van der Waals surface area contributed by atoms with Gasteiger partial charge in [-0.3, -0.25) is 14.9 Å². The second kappa shape index (κ2) is 9.62. The molecular weight excluding hydrogens is 450 g/mol. The second-order valence-electron chi connectivity index (χ2n) is 7.40. The molecule has 1 aliphatic heterocycles. The Hall–Kier alpha value is -3.04. The number of amides is 1. The van der Waals surface area contributed by atoms with Crippen LogP contribution in [0.25, 0.3) is 11.3 Å². The first-order chi connectivity index (χ1) is 15.4. The highest BCUT2D eigenvalue weighted by molar-refractivity contribution is 7.99. The first kappa shape index (κ1) is 22.2. The SMILES string of the molecule is Cn1c(-c2ccccc2)cnc1SCC(=O)N1CCN(c2ccc(Cl)cc2[N+](=O)[O-])CC1. The zero-order valence-electron chi connectivity index (χ0n) is 17.5. The fraction of sp³-hybridized carbons (Fsp3) is 0.273. The maximum atomic E-state index is 12.7. The molecule has 0 radical (unpaired) electrons. The first-order valence-corrected chi connectivity index (χ1v) is 11.5. The van der Waals surface area contributed by atoms with E-state index in [2.05, 4.69) is 4.98 Å². The Morgan fingerprint density at radius 2 is 1.88 bits per heavy atom. The molecule has 0 bridgehead atoms. The van der Waals surface area contributed by atoms with E-state index in [9.17, 15) is 14.9 Å². The fourth-order valence-corrected chi connectivity index (χ4v) is 4.75.